The highest BCUT2D eigenvalue weighted by molar-refractivity contribution is 7.89. The Labute approximate surface area is 173 Å². The number of amides is 2. The Bertz CT molecular complexity index is 1020. The zero-order valence-electron chi connectivity index (χ0n) is 15.9. The third kappa shape index (κ3) is 5.19. The van der Waals surface area contributed by atoms with Crippen LogP contribution in [0.1, 0.15) is 20.7 Å². The first-order chi connectivity index (χ1) is 14.4. The number of hydrogen-bond donors (Lipinski definition) is 2. The second-order valence-corrected chi connectivity index (χ2v) is 8.28. The fourth-order valence-corrected chi connectivity index (χ4v) is 4.13. The lowest BCUT2D eigenvalue weighted by molar-refractivity contribution is -0.122. The normalized spacial score (nSPS) is 14.6. The maximum Gasteiger partial charge on any atom is 0.338 e. The largest absolute Gasteiger partial charge is 0.460 e. The number of aromatic nitrogens is 1. The number of nitrogens with one attached hydrogen (secondary N) is 2. The molecule has 11 heteroatoms. The summed E-state index contributed by atoms with van der Waals surface area (Å²) in [6.45, 7) is 0.273. The second-order valence-electron chi connectivity index (χ2n) is 6.34. The van der Waals surface area contributed by atoms with E-state index >= 15 is 0 Å². The SMILES string of the molecule is O=C1CN(S(=O)(=O)c2ccc(C(=O)OCCNC(=O)c3ccncc3)cc2)CCN1. The summed E-state index contributed by atoms with van der Waals surface area (Å²) in [5.74, 6) is -1.31. The minimum atomic E-state index is -3.83. The molecule has 10 nitrogen and oxygen atoms in total. The Hall–Kier alpha value is -3.31. The maximum absolute atomic E-state index is 12.6. The molecule has 3 rings (SSSR count). The van der Waals surface area contributed by atoms with Crippen molar-refractivity contribution >= 4 is 27.8 Å². The Morgan fingerprint density at radius 2 is 1.80 bits per heavy atom. The molecule has 0 unspecified atom stereocenters. The molecule has 2 aromatic rings. The third-order valence-corrected chi connectivity index (χ3v) is 6.15. The van der Waals surface area contributed by atoms with Crippen molar-refractivity contribution in [1.29, 1.82) is 0 Å². The van der Waals surface area contributed by atoms with Crippen LogP contribution in [0.5, 0.6) is 0 Å². The first kappa shape index (κ1) is 21.4. The van der Waals surface area contributed by atoms with Crippen LogP contribution in [0.2, 0.25) is 0 Å². The van der Waals surface area contributed by atoms with Gasteiger partial charge in [-0.1, -0.05) is 0 Å². The summed E-state index contributed by atoms with van der Waals surface area (Å²) in [7, 11) is -3.83. The Morgan fingerprint density at radius 3 is 2.47 bits per heavy atom. The van der Waals surface area contributed by atoms with E-state index in [0.29, 0.717) is 5.56 Å². The van der Waals surface area contributed by atoms with Crippen LogP contribution < -0.4 is 10.6 Å². The average Bonchev–Trinajstić information content (AvgIpc) is 2.77. The summed E-state index contributed by atoms with van der Waals surface area (Å²) in [6.07, 6.45) is 3.00. The van der Waals surface area contributed by atoms with E-state index in [9.17, 15) is 22.8 Å². The van der Waals surface area contributed by atoms with Gasteiger partial charge in [-0.05, 0) is 36.4 Å². The van der Waals surface area contributed by atoms with Crippen LogP contribution in [0.3, 0.4) is 0 Å². The van der Waals surface area contributed by atoms with Crippen molar-refractivity contribution in [3.8, 4) is 0 Å². The van der Waals surface area contributed by atoms with Gasteiger partial charge in [0.15, 0.2) is 0 Å². The lowest BCUT2D eigenvalue weighted by atomic mass is 10.2. The van der Waals surface area contributed by atoms with Gasteiger partial charge < -0.3 is 15.4 Å². The van der Waals surface area contributed by atoms with E-state index in [1.54, 1.807) is 12.1 Å². The van der Waals surface area contributed by atoms with Crippen molar-refractivity contribution in [1.82, 2.24) is 19.9 Å². The van der Waals surface area contributed by atoms with E-state index in [0.717, 1.165) is 4.31 Å². The fraction of sp³-hybridized carbons (Fsp3) is 0.263. The van der Waals surface area contributed by atoms with Gasteiger partial charge in [0.2, 0.25) is 15.9 Å². The molecule has 1 aromatic carbocycles. The molecule has 1 saturated heterocycles. The molecule has 2 amide bonds. The Balaban J connectivity index is 1.51. The summed E-state index contributed by atoms with van der Waals surface area (Å²) >= 11 is 0. The summed E-state index contributed by atoms with van der Waals surface area (Å²) in [5.41, 5.74) is 0.616. The number of sulfonamides is 1. The topological polar surface area (TPSA) is 135 Å². The molecule has 30 heavy (non-hydrogen) atoms. The first-order valence-corrected chi connectivity index (χ1v) is 10.5. The lowest BCUT2D eigenvalue weighted by Gasteiger charge is -2.25. The molecule has 1 aliphatic heterocycles. The number of carbonyl (C=O) groups excluding carboxylic acids is 3. The van der Waals surface area contributed by atoms with Gasteiger partial charge in [0.1, 0.15) is 6.61 Å². The van der Waals surface area contributed by atoms with Gasteiger partial charge in [0, 0.05) is 31.0 Å². The molecular weight excluding hydrogens is 412 g/mol. The minimum absolute atomic E-state index is 0.0154. The molecular formula is C19H20N4O6S. The highest BCUT2D eigenvalue weighted by Gasteiger charge is 2.29. The van der Waals surface area contributed by atoms with Crippen LogP contribution in [0.25, 0.3) is 0 Å². The standard InChI is InChI=1S/C19H20N4O6S/c24-17-13-23(11-9-21-17)30(27,28)16-3-1-15(2-4-16)19(26)29-12-10-22-18(25)14-5-7-20-8-6-14/h1-8H,9-13H2,(H,21,24)(H,22,25). The van der Waals surface area contributed by atoms with Crippen molar-refractivity contribution in [2.75, 3.05) is 32.8 Å². The van der Waals surface area contributed by atoms with Crippen LogP contribution >= 0.6 is 0 Å². The minimum Gasteiger partial charge on any atom is -0.460 e. The quantitative estimate of drug-likeness (QED) is 0.457. The van der Waals surface area contributed by atoms with Crippen molar-refractivity contribution in [2.24, 2.45) is 0 Å². The second kappa shape index (κ2) is 9.46. The van der Waals surface area contributed by atoms with E-state index in [1.165, 1.54) is 36.7 Å². The molecule has 0 spiro atoms. The maximum atomic E-state index is 12.6. The van der Waals surface area contributed by atoms with Crippen molar-refractivity contribution in [3.63, 3.8) is 0 Å². The van der Waals surface area contributed by atoms with Gasteiger partial charge in [0.05, 0.1) is 23.5 Å². The number of hydrogen-bond acceptors (Lipinski definition) is 7. The number of nitrogens with zero attached hydrogens (tertiary/aromatic N) is 2. The van der Waals surface area contributed by atoms with Crippen LogP contribution in [0, 0.1) is 0 Å². The number of rotatable bonds is 7. The number of pyridine rings is 1. The number of benzene rings is 1. The molecule has 2 N–H and O–H groups in total. The molecule has 0 saturated carbocycles. The molecule has 1 aromatic heterocycles. The average molecular weight is 432 g/mol. The molecule has 0 atom stereocenters. The Morgan fingerprint density at radius 1 is 1.10 bits per heavy atom. The van der Waals surface area contributed by atoms with Gasteiger partial charge in [-0.2, -0.15) is 4.31 Å². The van der Waals surface area contributed by atoms with Gasteiger partial charge in [0.25, 0.3) is 5.91 Å². The van der Waals surface area contributed by atoms with E-state index in [2.05, 4.69) is 15.6 Å². The predicted molar refractivity (Wildman–Crippen MR) is 105 cm³/mol. The fourth-order valence-electron chi connectivity index (χ4n) is 2.73. The highest BCUT2D eigenvalue weighted by atomic mass is 32.2. The predicted octanol–water partition coefficient (Wildman–Crippen LogP) is -0.211. The summed E-state index contributed by atoms with van der Waals surface area (Å²) in [5, 5.41) is 5.18. The van der Waals surface area contributed by atoms with Gasteiger partial charge >= 0.3 is 5.97 Å². The molecule has 1 fully saturated rings. The molecule has 0 bridgehead atoms. The monoisotopic (exact) mass is 432 g/mol. The van der Waals surface area contributed by atoms with Gasteiger partial charge in [-0.3, -0.25) is 14.6 Å². The van der Waals surface area contributed by atoms with Crippen molar-refractivity contribution < 1.29 is 27.5 Å². The third-order valence-electron chi connectivity index (χ3n) is 4.29. The van der Waals surface area contributed by atoms with Crippen molar-refractivity contribution in [3.05, 3.63) is 59.9 Å². The number of esters is 1. The van der Waals surface area contributed by atoms with Crippen molar-refractivity contribution in [2.45, 2.75) is 4.90 Å². The molecule has 1 aliphatic rings. The lowest BCUT2D eigenvalue weighted by Crippen LogP contribution is -2.49. The molecule has 158 valence electrons. The zero-order chi connectivity index (χ0) is 21.6. The summed E-state index contributed by atoms with van der Waals surface area (Å²) in [4.78, 5) is 39.2. The van der Waals surface area contributed by atoms with E-state index in [4.69, 9.17) is 4.74 Å². The molecule has 0 aliphatic carbocycles. The van der Waals surface area contributed by atoms with Crippen LogP contribution in [-0.2, 0) is 19.6 Å². The molecule has 0 radical (unpaired) electrons. The summed E-state index contributed by atoms with van der Waals surface area (Å²) < 4.78 is 31.4. The molecule has 2 heterocycles. The Kier molecular flexibility index (Phi) is 6.75. The van der Waals surface area contributed by atoms with Crippen LogP contribution in [-0.4, -0.2) is 68.3 Å². The first-order valence-electron chi connectivity index (χ1n) is 9.10. The van der Waals surface area contributed by atoms with E-state index in [1.807, 2.05) is 0 Å². The highest BCUT2D eigenvalue weighted by Crippen LogP contribution is 2.17. The van der Waals surface area contributed by atoms with Gasteiger partial charge in [-0.15, -0.1) is 0 Å². The van der Waals surface area contributed by atoms with Crippen LogP contribution in [0.15, 0.2) is 53.7 Å². The summed E-state index contributed by atoms with van der Waals surface area (Å²) in [6, 6.07) is 8.40. The number of ether oxygens (including phenoxy) is 1. The number of carbonyl (C=O) groups is 3. The number of piperazine rings is 1. The van der Waals surface area contributed by atoms with E-state index in [-0.39, 0.29) is 55.1 Å². The van der Waals surface area contributed by atoms with E-state index < -0.39 is 16.0 Å². The zero-order valence-corrected chi connectivity index (χ0v) is 16.7. The van der Waals surface area contributed by atoms with Gasteiger partial charge in [-0.25, -0.2) is 13.2 Å². The van der Waals surface area contributed by atoms with Crippen LogP contribution in [0.4, 0.5) is 0 Å². The smallest absolute Gasteiger partial charge is 0.338 e.